The Morgan fingerprint density at radius 1 is 1.62 bits per heavy atom. The van der Waals surface area contributed by atoms with Crippen molar-refractivity contribution in [2.75, 3.05) is 0 Å². The van der Waals surface area contributed by atoms with Crippen molar-refractivity contribution in [2.24, 2.45) is 0 Å². The van der Waals surface area contributed by atoms with E-state index in [4.69, 9.17) is 16.7 Å². The van der Waals surface area contributed by atoms with E-state index in [2.05, 4.69) is 4.98 Å². The zero-order chi connectivity index (χ0) is 9.42. The molecule has 1 heterocycles. The van der Waals surface area contributed by atoms with Crippen LogP contribution in [0, 0.1) is 0 Å². The molecule has 1 aromatic heterocycles. The number of hydrogen-bond donors (Lipinski definition) is 1. The summed E-state index contributed by atoms with van der Waals surface area (Å²) in [6.07, 6.45) is 3.91. The van der Waals surface area contributed by atoms with Crippen molar-refractivity contribution < 1.29 is 9.90 Å². The Bertz CT molecular complexity index is 361. The number of aromatic carboxylic acids is 1. The quantitative estimate of drug-likeness (QED) is 0.741. The Hall–Kier alpha value is -1.09. The molecule has 13 heavy (non-hydrogen) atoms. The van der Waals surface area contributed by atoms with Gasteiger partial charge in [-0.05, 0) is 30.4 Å². The smallest absolute Gasteiger partial charge is 0.338 e. The van der Waals surface area contributed by atoms with E-state index in [1.54, 1.807) is 12.3 Å². The maximum atomic E-state index is 10.7. The topological polar surface area (TPSA) is 50.2 Å². The minimum absolute atomic E-state index is 0.0666. The summed E-state index contributed by atoms with van der Waals surface area (Å²) in [5, 5.41) is 8.83. The Morgan fingerprint density at radius 2 is 2.31 bits per heavy atom. The fraction of sp³-hybridized carbons (Fsp3) is 0.333. The van der Waals surface area contributed by atoms with Crippen molar-refractivity contribution in [3.8, 4) is 0 Å². The summed E-state index contributed by atoms with van der Waals surface area (Å²) in [5.74, 6) is -0.511. The molecule has 68 valence electrons. The Kier molecular flexibility index (Phi) is 1.96. The van der Waals surface area contributed by atoms with Gasteiger partial charge in [-0.1, -0.05) is 11.6 Å². The van der Waals surface area contributed by atoms with Crippen molar-refractivity contribution >= 4 is 17.6 Å². The van der Waals surface area contributed by atoms with Crippen LogP contribution in [0.15, 0.2) is 12.3 Å². The number of hydrogen-bond acceptors (Lipinski definition) is 2. The van der Waals surface area contributed by atoms with E-state index in [0.29, 0.717) is 5.92 Å². The average Bonchev–Trinajstić information content (AvgIpc) is 2.87. The fourth-order valence-electron chi connectivity index (χ4n) is 1.25. The molecule has 0 bridgehead atoms. The molecule has 1 aromatic rings. The normalized spacial score (nSPS) is 15.8. The van der Waals surface area contributed by atoms with Crippen LogP contribution >= 0.6 is 11.6 Å². The molecular formula is C9H8ClNO2. The molecule has 0 amide bonds. The first-order valence-electron chi connectivity index (χ1n) is 4.07. The molecule has 0 radical (unpaired) electrons. The highest BCUT2D eigenvalue weighted by Gasteiger charge is 2.25. The maximum absolute atomic E-state index is 10.7. The second-order valence-electron chi connectivity index (χ2n) is 3.19. The lowest BCUT2D eigenvalue weighted by molar-refractivity contribution is 0.0696. The minimum Gasteiger partial charge on any atom is -0.478 e. The molecule has 1 aliphatic carbocycles. The van der Waals surface area contributed by atoms with Gasteiger partial charge in [0.2, 0.25) is 0 Å². The number of carbonyl (C=O) groups is 1. The largest absolute Gasteiger partial charge is 0.478 e. The summed E-state index contributed by atoms with van der Waals surface area (Å²) in [6.45, 7) is 0. The summed E-state index contributed by atoms with van der Waals surface area (Å²) >= 11 is 5.62. The van der Waals surface area contributed by atoms with Crippen LogP contribution in [-0.2, 0) is 0 Å². The van der Waals surface area contributed by atoms with E-state index in [-0.39, 0.29) is 10.7 Å². The number of rotatable bonds is 2. The van der Waals surface area contributed by atoms with Crippen LogP contribution in [0.2, 0.25) is 5.15 Å². The molecule has 0 atom stereocenters. The Labute approximate surface area is 80.4 Å². The van der Waals surface area contributed by atoms with Gasteiger partial charge in [-0.15, -0.1) is 0 Å². The van der Waals surface area contributed by atoms with Crippen molar-refractivity contribution in [1.82, 2.24) is 4.98 Å². The van der Waals surface area contributed by atoms with Crippen molar-refractivity contribution in [3.63, 3.8) is 0 Å². The second-order valence-corrected chi connectivity index (χ2v) is 3.54. The molecule has 0 aromatic carbocycles. The third-order valence-corrected chi connectivity index (χ3v) is 2.44. The molecule has 3 nitrogen and oxygen atoms in total. The lowest BCUT2D eigenvalue weighted by atomic mass is 10.1. The molecule has 2 rings (SSSR count). The van der Waals surface area contributed by atoms with Crippen LogP contribution in [-0.4, -0.2) is 16.1 Å². The van der Waals surface area contributed by atoms with Gasteiger partial charge in [0.15, 0.2) is 0 Å². The van der Waals surface area contributed by atoms with Gasteiger partial charge in [0.05, 0.1) is 5.56 Å². The lowest BCUT2D eigenvalue weighted by Crippen LogP contribution is -2.00. The van der Waals surface area contributed by atoms with Crippen LogP contribution in [0.4, 0.5) is 0 Å². The zero-order valence-corrected chi connectivity index (χ0v) is 7.58. The van der Waals surface area contributed by atoms with Gasteiger partial charge in [-0.3, -0.25) is 0 Å². The number of carboxylic acid groups (broad SMARTS) is 1. The van der Waals surface area contributed by atoms with Crippen LogP contribution in [0.25, 0.3) is 0 Å². The van der Waals surface area contributed by atoms with E-state index in [1.165, 1.54) is 0 Å². The number of pyridine rings is 1. The summed E-state index contributed by atoms with van der Waals surface area (Å²) in [7, 11) is 0. The molecule has 0 saturated heterocycles. The maximum Gasteiger partial charge on any atom is 0.338 e. The van der Waals surface area contributed by atoms with Gasteiger partial charge in [0.1, 0.15) is 5.15 Å². The van der Waals surface area contributed by atoms with Crippen molar-refractivity contribution in [2.45, 2.75) is 18.8 Å². The molecule has 0 spiro atoms. The monoisotopic (exact) mass is 197 g/mol. The molecule has 1 aliphatic rings. The van der Waals surface area contributed by atoms with E-state index in [0.717, 1.165) is 18.4 Å². The molecular weight excluding hydrogens is 190 g/mol. The number of halogens is 1. The van der Waals surface area contributed by atoms with Crippen molar-refractivity contribution in [3.05, 3.63) is 28.5 Å². The zero-order valence-electron chi connectivity index (χ0n) is 6.83. The predicted molar refractivity (Wildman–Crippen MR) is 48.2 cm³/mol. The minimum atomic E-state index is -1.01. The fourth-order valence-corrected chi connectivity index (χ4v) is 1.44. The third kappa shape index (κ3) is 1.65. The van der Waals surface area contributed by atoms with Gasteiger partial charge in [-0.25, -0.2) is 9.78 Å². The number of nitrogens with zero attached hydrogens (tertiary/aromatic N) is 1. The van der Waals surface area contributed by atoms with Crippen LogP contribution in [0.3, 0.4) is 0 Å². The summed E-state index contributed by atoms with van der Waals surface area (Å²) in [4.78, 5) is 14.5. The summed E-state index contributed by atoms with van der Waals surface area (Å²) in [5.41, 5.74) is 1.09. The first kappa shape index (κ1) is 8.51. The van der Waals surface area contributed by atoms with E-state index in [9.17, 15) is 4.79 Å². The third-order valence-electron chi connectivity index (χ3n) is 2.14. The first-order valence-corrected chi connectivity index (χ1v) is 4.45. The van der Waals surface area contributed by atoms with Crippen molar-refractivity contribution in [1.29, 1.82) is 0 Å². The Balaban J connectivity index is 2.41. The highest BCUT2D eigenvalue weighted by Crippen LogP contribution is 2.40. The lowest BCUT2D eigenvalue weighted by Gasteiger charge is -2.01. The van der Waals surface area contributed by atoms with E-state index < -0.39 is 5.97 Å². The summed E-state index contributed by atoms with van der Waals surface area (Å²) < 4.78 is 0. The van der Waals surface area contributed by atoms with Gasteiger partial charge < -0.3 is 5.11 Å². The standard InChI is InChI=1S/C9H8ClNO2/c10-8-7(9(12)13)3-6(4-11-8)5-1-2-5/h3-5H,1-2H2,(H,12,13). The van der Waals surface area contributed by atoms with E-state index >= 15 is 0 Å². The first-order chi connectivity index (χ1) is 6.18. The van der Waals surface area contributed by atoms with Gasteiger partial charge >= 0.3 is 5.97 Å². The van der Waals surface area contributed by atoms with E-state index in [1.807, 2.05) is 0 Å². The Morgan fingerprint density at radius 3 is 2.85 bits per heavy atom. The van der Waals surface area contributed by atoms with Crippen LogP contribution < -0.4 is 0 Å². The van der Waals surface area contributed by atoms with Gasteiger partial charge in [0.25, 0.3) is 0 Å². The molecule has 4 heteroatoms. The molecule has 1 fully saturated rings. The molecule has 0 aliphatic heterocycles. The SMILES string of the molecule is O=C(O)c1cc(C2CC2)cnc1Cl. The molecule has 1 N–H and O–H groups in total. The molecule has 0 unspecified atom stereocenters. The highest BCUT2D eigenvalue weighted by molar-refractivity contribution is 6.32. The predicted octanol–water partition coefficient (Wildman–Crippen LogP) is 2.31. The number of aromatic nitrogens is 1. The van der Waals surface area contributed by atoms with Gasteiger partial charge in [-0.2, -0.15) is 0 Å². The average molecular weight is 198 g/mol. The van der Waals surface area contributed by atoms with Crippen LogP contribution in [0.1, 0.15) is 34.7 Å². The molecule has 1 saturated carbocycles. The van der Waals surface area contributed by atoms with Gasteiger partial charge in [0, 0.05) is 6.20 Å². The summed E-state index contributed by atoms with van der Waals surface area (Å²) in [6, 6.07) is 1.62. The number of carboxylic acids is 1. The second kappa shape index (κ2) is 3.00. The highest BCUT2D eigenvalue weighted by atomic mass is 35.5. The van der Waals surface area contributed by atoms with Crippen LogP contribution in [0.5, 0.6) is 0 Å².